The Hall–Kier alpha value is -2.71. The molecule has 0 saturated carbocycles. The minimum atomic E-state index is 0.00305. The summed E-state index contributed by atoms with van der Waals surface area (Å²) < 4.78 is 11.4. The Morgan fingerprint density at radius 1 is 1.10 bits per heavy atom. The first-order valence-corrected chi connectivity index (χ1v) is 11.3. The Labute approximate surface area is 185 Å². The Bertz CT molecular complexity index is 956. The lowest BCUT2D eigenvalue weighted by Crippen LogP contribution is -2.34. The largest absolute Gasteiger partial charge is 0.486 e. The van der Waals surface area contributed by atoms with Crippen LogP contribution in [0.15, 0.2) is 36.4 Å². The highest BCUT2D eigenvalue weighted by molar-refractivity contribution is 5.79. The maximum absolute atomic E-state index is 10.0. The van der Waals surface area contributed by atoms with E-state index >= 15 is 0 Å². The average molecular weight is 421 g/mol. The number of ether oxygens (including phenoxy) is 2. The second kappa shape index (κ2) is 9.20. The predicted molar refractivity (Wildman–Crippen MR) is 123 cm³/mol. The Morgan fingerprint density at radius 2 is 1.84 bits per heavy atom. The molecule has 0 spiro atoms. The zero-order valence-electron chi connectivity index (χ0n) is 18.6. The average Bonchev–Trinajstić information content (AvgIpc) is 2.82. The molecule has 0 bridgehead atoms. The van der Waals surface area contributed by atoms with E-state index in [4.69, 9.17) is 9.47 Å². The summed E-state index contributed by atoms with van der Waals surface area (Å²) in [6.07, 6.45) is 4.46. The van der Waals surface area contributed by atoms with Crippen molar-refractivity contribution in [2.24, 2.45) is 11.3 Å². The highest BCUT2D eigenvalue weighted by Gasteiger charge is 2.25. The van der Waals surface area contributed by atoms with Gasteiger partial charge >= 0.3 is 0 Å². The van der Waals surface area contributed by atoms with Crippen LogP contribution in [0, 0.1) is 22.7 Å². The molecular weight excluding hydrogens is 388 g/mol. The number of fused-ring (bicyclic) bond motifs is 1. The van der Waals surface area contributed by atoms with Gasteiger partial charge in [0, 0.05) is 25.3 Å². The van der Waals surface area contributed by atoms with E-state index in [0.29, 0.717) is 19.1 Å². The Kier molecular flexibility index (Phi) is 6.38. The lowest BCUT2D eigenvalue weighted by Gasteiger charge is -2.35. The van der Waals surface area contributed by atoms with Crippen LogP contribution in [-0.4, -0.2) is 38.0 Å². The fourth-order valence-corrected chi connectivity index (χ4v) is 4.51. The van der Waals surface area contributed by atoms with Gasteiger partial charge in [-0.15, -0.1) is 0 Å². The van der Waals surface area contributed by atoms with Crippen LogP contribution in [0.5, 0.6) is 11.5 Å². The van der Waals surface area contributed by atoms with Crippen molar-refractivity contribution < 1.29 is 14.6 Å². The molecule has 0 aliphatic carbocycles. The standard InChI is InChI=1S/C26H32N2O3/c1-26(2,18-29)11-8-19-9-12-28(13-10-19)23-5-3-4-21(22(23)17-27)20-6-7-24-25(16-20)31-15-14-30-24/h3-7,16,19,29H,8-15,18H2,1-2H3. The van der Waals surface area contributed by atoms with Gasteiger partial charge in [0.2, 0.25) is 0 Å². The molecule has 2 aromatic carbocycles. The molecule has 2 aliphatic heterocycles. The van der Waals surface area contributed by atoms with Crippen molar-refractivity contribution in [3.05, 3.63) is 42.0 Å². The number of aliphatic hydroxyl groups excluding tert-OH is 1. The summed E-state index contributed by atoms with van der Waals surface area (Å²) >= 11 is 0. The molecule has 1 fully saturated rings. The topological polar surface area (TPSA) is 65.7 Å². The fourth-order valence-electron chi connectivity index (χ4n) is 4.51. The zero-order chi connectivity index (χ0) is 21.8. The van der Waals surface area contributed by atoms with E-state index in [2.05, 4.69) is 30.9 Å². The predicted octanol–water partition coefficient (Wildman–Crippen LogP) is 5.01. The first kappa shape index (κ1) is 21.5. The minimum Gasteiger partial charge on any atom is -0.486 e. The van der Waals surface area contributed by atoms with Crippen LogP contribution in [0.3, 0.4) is 0 Å². The number of nitriles is 1. The number of aliphatic hydroxyl groups is 1. The van der Waals surface area contributed by atoms with Crippen LogP contribution in [0.4, 0.5) is 5.69 Å². The van der Waals surface area contributed by atoms with Gasteiger partial charge in [-0.2, -0.15) is 5.26 Å². The Balaban J connectivity index is 1.50. The van der Waals surface area contributed by atoms with Crippen LogP contribution >= 0.6 is 0 Å². The lowest BCUT2D eigenvalue weighted by atomic mass is 9.82. The summed E-state index contributed by atoms with van der Waals surface area (Å²) in [5.41, 5.74) is 3.65. The van der Waals surface area contributed by atoms with Gasteiger partial charge in [-0.05, 0) is 60.8 Å². The van der Waals surface area contributed by atoms with Crippen molar-refractivity contribution in [2.45, 2.75) is 39.5 Å². The highest BCUT2D eigenvalue weighted by atomic mass is 16.6. The maximum Gasteiger partial charge on any atom is 0.161 e. The molecule has 0 amide bonds. The molecule has 2 heterocycles. The molecule has 0 atom stereocenters. The van der Waals surface area contributed by atoms with Crippen molar-refractivity contribution in [3.63, 3.8) is 0 Å². The lowest BCUT2D eigenvalue weighted by molar-refractivity contribution is 0.139. The van der Waals surface area contributed by atoms with Crippen LogP contribution < -0.4 is 14.4 Å². The van der Waals surface area contributed by atoms with Gasteiger partial charge in [0.05, 0.1) is 11.3 Å². The van der Waals surface area contributed by atoms with E-state index in [1.165, 1.54) is 0 Å². The normalized spacial score (nSPS) is 16.8. The highest BCUT2D eigenvalue weighted by Crippen LogP contribution is 2.38. The molecule has 0 radical (unpaired) electrons. The number of piperidine rings is 1. The van der Waals surface area contributed by atoms with Crippen LogP contribution in [-0.2, 0) is 0 Å². The fraction of sp³-hybridized carbons (Fsp3) is 0.500. The molecule has 31 heavy (non-hydrogen) atoms. The third kappa shape index (κ3) is 4.80. The summed E-state index contributed by atoms with van der Waals surface area (Å²) in [6.45, 7) is 7.54. The van der Waals surface area contributed by atoms with E-state index < -0.39 is 0 Å². The van der Waals surface area contributed by atoms with Crippen molar-refractivity contribution in [3.8, 4) is 28.7 Å². The quantitative estimate of drug-likeness (QED) is 0.711. The number of nitrogens with zero attached hydrogens (tertiary/aromatic N) is 2. The number of hydrogen-bond donors (Lipinski definition) is 1. The molecule has 0 aromatic heterocycles. The third-order valence-electron chi connectivity index (χ3n) is 6.62. The van der Waals surface area contributed by atoms with Crippen molar-refractivity contribution in [1.82, 2.24) is 0 Å². The maximum atomic E-state index is 10.0. The van der Waals surface area contributed by atoms with Gasteiger partial charge in [-0.25, -0.2) is 0 Å². The number of benzene rings is 2. The molecular formula is C26H32N2O3. The van der Waals surface area contributed by atoms with Gasteiger partial charge in [-0.1, -0.05) is 32.0 Å². The third-order valence-corrected chi connectivity index (χ3v) is 6.62. The monoisotopic (exact) mass is 420 g/mol. The van der Waals surface area contributed by atoms with Crippen LogP contribution in [0.1, 0.15) is 45.1 Å². The summed E-state index contributed by atoms with van der Waals surface area (Å²) in [5.74, 6) is 2.19. The number of anilines is 1. The van der Waals surface area contributed by atoms with Crippen LogP contribution in [0.2, 0.25) is 0 Å². The SMILES string of the molecule is CC(C)(CO)CCC1CCN(c2cccc(-c3ccc4c(c3)OCCO4)c2C#N)CC1. The van der Waals surface area contributed by atoms with E-state index in [0.717, 1.165) is 72.6 Å². The molecule has 4 rings (SSSR count). The zero-order valence-corrected chi connectivity index (χ0v) is 18.6. The molecule has 2 aliphatic rings. The van der Waals surface area contributed by atoms with Gasteiger partial charge in [0.25, 0.3) is 0 Å². The molecule has 5 nitrogen and oxygen atoms in total. The van der Waals surface area contributed by atoms with Crippen molar-refractivity contribution in [2.75, 3.05) is 37.8 Å². The summed E-state index contributed by atoms with van der Waals surface area (Å²) in [5, 5.41) is 19.5. The Morgan fingerprint density at radius 3 is 2.55 bits per heavy atom. The molecule has 5 heteroatoms. The van der Waals surface area contributed by atoms with Gasteiger partial charge < -0.3 is 19.5 Å². The molecule has 1 saturated heterocycles. The second-order valence-corrected chi connectivity index (χ2v) is 9.46. The van der Waals surface area contributed by atoms with E-state index in [1.807, 2.05) is 30.3 Å². The first-order valence-electron chi connectivity index (χ1n) is 11.3. The molecule has 164 valence electrons. The molecule has 1 N–H and O–H groups in total. The minimum absolute atomic E-state index is 0.00305. The summed E-state index contributed by atoms with van der Waals surface area (Å²) in [6, 6.07) is 14.5. The van der Waals surface area contributed by atoms with Crippen LogP contribution in [0.25, 0.3) is 11.1 Å². The van der Waals surface area contributed by atoms with Crippen molar-refractivity contribution in [1.29, 1.82) is 5.26 Å². The second-order valence-electron chi connectivity index (χ2n) is 9.46. The van der Waals surface area contributed by atoms with E-state index in [-0.39, 0.29) is 12.0 Å². The van der Waals surface area contributed by atoms with Gasteiger partial charge in [0.1, 0.15) is 19.3 Å². The van der Waals surface area contributed by atoms with Crippen molar-refractivity contribution >= 4 is 5.69 Å². The summed E-state index contributed by atoms with van der Waals surface area (Å²) in [4.78, 5) is 2.35. The smallest absolute Gasteiger partial charge is 0.161 e. The molecule has 0 unspecified atom stereocenters. The number of hydrogen-bond acceptors (Lipinski definition) is 5. The van der Waals surface area contributed by atoms with Gasteiger partial charge in [0.15, 0.2) is 11.5 Å². The van der Waals surface area contributed by atoms with E-state index in [9.17, 15) is 10.4 Å². The van der Waals surface area contributed by atoms with E-state index in [1.54, 1.807) is 0 Å². The number of rotatable bonds is 6. The molecule has 2 aromatic rings. The van der Waals surface area contributed by atoms with Gasteiger partial charge in [-0.3, -0.25) is 0 Å². The first-order chi connectivity index (χ1) is 15.0. The summed E-state index contributed by atoms with van der Waals surface area (Å²) in [7, 11) is 0.